The van der Waals surface area contributed by atoms with Gasteiger partial charge >= 0.3 is 0 Å². The van der Waals surface area contributed by atoms with Gasteiger partial charge in [-0.3, -0.25) is 0 Å². The van der Waals surface area contributed by atoms with Gasteiger partial charge < -0.3 is 9.47 Å². The zero-order valence-corrected chi connectivity index (χ0v) is 21.0. The van der Waals surface area contributed by atoms with E-state index in [0.717, 1.165) is 29.7 Å². The van der Waals surface area contributed by atoms with Crippen molar-refractivity contribution in [2.24, 2.45) is 0 Å². The van der Waals surface area contributed by atoms with E-state index in [2.05, 4.69) is 83.5 Å². The van der Waals surface area contributed by atoms with Crippen LogP contribution in [0.2, 0.25) is 0 Å². The first-order valence-corrected chi connectivity index (χ1v) is 12.1. The van der Waals surface area contributed by atoms with Gasteiger partial charge in [0.1, 0.15) is 11.5 Å². The maximum atomic E-state index is 6.01. The maximum absolute atomic E-state index is 6.01. The fraction of sp³-hybridized carbons (Fsp3) is 0.538. The number of alkyl halides is 1. The molecule has 0 radical (unpaired) electrons. The van der Waals surface area contributed by atoms with Gasteiger partial charge in [0.25, 0.3) is 0 Å². The lowest BCUT2D eigenvalue weighted by molar-refractivity contribution is 0.334. The van der Waals surface area contributed by atoms with E-state index in [0.29, 0.717) is 19.1 Å². The summed E-state index contributed by atoms with van der Waals surface area (Å²) < 4.78 is 12.0. The first-order valence-electron chi connectivity index (χ1n) is 10.9. The van der Waals surface area contributed by atoms with Crippen LogP contribution in [0.15, 0.2) is 12.1 Å². The van der Waals surface area contributed by atoms with Gasteiger partial charge in [0.15, 0.2) is 0 Å². The summed E-state index contributed by atoms with van der Waals surface area (Å²) in [4.78, 5) is 0. The molecule has 0 saturated heterocycles. The number of benzene rings is 2. The molecule has 160 valence electrons. The highest BCUT2D eigenvalue weighted by Gasteiger charge is 2.24. The average molecular weight is 461 g/mol. The van der Waals surface area contributed by atoms with Crippen molar-refractivity contribution >= 4 is 15.9 Å². The van der Waals surface area contributed by atoms with Crippen molar-refractivity contribution < 1.29 is 9.47 Å². The summed E-state index contributed by atoms with van der Waals surface area (Å²) in [5.74, 6) is 2.44. The predicted molar refractivity (Wildman–Crippen MR) is 129 cm³/mol. The number of hydrogen-bond donors (Lipinski definition) is 0. The molecule has 0 fully saturated rings. The normalized spacial score (nSPS) is 11.2. The van der Waals surface area contributed by atoms with Gasteiger partial charge in [-0.2, -0.15) is 0 Å². The lowest BCUT2D eigenvalue weighted by Gasteiger charge is -2.26. The van der Waals surface area contributed by atoms with Gasteiger partial charge in [0.2, 0.25) is 0 Å². The SMILES string of the molecule is CCOc1c(CC)cc(C(CBr)c2cc(CC)c(OCC)c(C)c2C)c(C)c1C. The summed E-state index contributed by atoms with van der Waals surface area (Å²) in [6.45, 7) is 18.8. The monoisotopic (exact) mass is 460 g/mol. The smallest absolute Gasteiger partial charge is 0.125 e. The van der Waals surface area contributed by atoms with Crippen molar-refractivity contribution in [3.05, 3.63) is 56.6 Å². The molecule has 0 spiro atoms. The van der Waals surface area contributed by atoms with Crippen LogP contribution < -0.4 is 9.47 Å². The Balaban J connectivity index is 2.72. The van der Waals surface area contributed by atoms with E-state index in [4.69, 9.17) is 9.47 Å². The first-order chi connectivity index (χ1) is 13.9. The molecule has 0 atom stereocenters. The van der Waals surface area contributed by atoms with Gasteiger partial charge in [-0.15, -0.1) is 0 Å². The summed E-state index contributed by atoms with van der Waals surface area (Å²) in [5, 5.41) is 0.891. The molecule has 0 N–H and O–H groups in total. The molecular weight excluding hydrogens is 424 g/mol. The summed E-state index contributed by atoms with van der Waals surface area (Å²) in [6.07, 6.45) is 1.94. The minimum atomic E-state index is 0.300. The Morgan fingerprint density at radius 3 is 1.34 bits per heavy atom. The van der Waals surface area contributed by atoms with Crippen molar-refractivity contribution in [1.82, 2.24) is 0 Å². The van der Waals surface area contributed by atoms with Crippen molar-refractivity contribution in [3.8, 4) is 11.5 Å². The number of halogens is 1. The van der Waals surface area contributed by atoms with Crippen molar-refractivity contribution in [2.75, 3.05) is 18.5 Å². The van der Waals surface area contributed by atoms with Crippen LogP contribution >= 0.6 is 15.9 Å². The quantitative estimate of drug-likeness (QED) is 0.363. The molecule has 0 aliphatic heterocycles. The molecule has 0 heterocycles. The molecule has 0 aliphatic rings. The molecule has 0 saturated carbocycles. The fourth-order valence-electron chi connectivity index (χ4n) is 4.25. The van der Waals surface area contributed by atoms with E-state index >= 15 is 0 Å². The molecule has 2 rings (SSSR count). The van der Waals surface area contributed by atoms with Gasteiger partial charge in [0, 0.05) is 11.2 Å². The second kappa shape index (κ2) is 10.5. The molecule has 0 unspecified atom stereocenters. The van der Waals surface area contributed by atoms with E-state index in [1.807, 2.05) is 0 Å². The Morgan fingerprint density at radius 2 is 1.07 bits per heavy atom. The summed E-state index contributed by atoms with van der Waals surface area (Å²) >= 11 is 3.84. The van der Waals surface area contributed by atoms with E-state index < -0.39 is 0 Å². The minimum Gasteiger partial charge on any atom is -0.493 e. The molecule has 2 aromatic carbocycles. The second-order valence-corrected chi connectivity index (χ2v) is 8.34. The molecule has 3 heteroatoms. The van der Waals surface area contributed by atoms with Crippen LogP contribution in [0.3, 0.4) is 0 Å². The predicted octanol–water partition coefficient (Wildman–Crippen LogP) is 7.37. The molecule has 2 aromatic rings. The minimum absolute atomic E-state index is 0.300. The Morgan fingerprint density at radius 1 is 0.690 bits per heavy atom. The van der Waals surface area contributed by atoms with Crippen LogP contribution in [0.1, 0.15) is 78.1 Å². The third-order valence-electron chi connectivity index (χ3n) is 6.16. The molecule has 0 amide bonds. The van der Waals surface area contributed by atoms with E-state index in [1.165, 1.54) is 44.5 Å². The maximum Gasteiger partial charge on any atom is 0.125 e. The number of ether oxygens (including phenoxy) is 2. The zero-order chi connectivity index (χ0) is 21.7. The number of aryl methyl sites for hydroxylation is 2. The zero-order valence-electron chi connectivity index (χ0n) is 19.5. The van der Waals surface area contributed by atoms with Crippen LogP contribution in [0.5, 0.6) is 11.5 Å². The highest BCUT2D eigenvalue weighted by atomic mass is 79.9. The molecule has 0 aromatic heterocycles. The number of hydrogen-bond acceptors (Lipinski definition) is 2. The Hall–Kier alpha value is -1.48. The third kappa shape index (κ3) is 4.66. The highest BCUT2D eigenvalue weighted by Crippen LogP contribution is 2.40. The molecule has 0 aliphatic carbocycles. The van der Waals surface area contributed by atoms with Crippen LogP contribution in [0.25, 0.3) is 0 Å². The lowest BCUT2D eigenvalue weighted by atomic mass is 9.82. The van der Waals surface area contributed by atoms with Crippen molar-refractivity contribution in [1.29, 1.82) is 0 Å². The van der Waals surface area contributed by atoms with E-state index in [-0.39, 0.29) is 0 Å². The van der Waals surface area contributed by atoms with Crippen LogP contribution in [0, 0.1) is 27.7 Å². The van der Waals surface area contributed by atoms with Crippen LogP contribution in [-0.2, 0) is 12.8 Å². The third-order valence-corrected chi connectivity index (χ3v) is 6.81. The van der Waals surface area contributed by atoms with E-state index in [9.17, 15) is 0 Å². The van der Waals surface area contributed by atoms with Gasteiger partial charge in [-0.1, -0.05) is 41.9 Å². The van der Waals surface area contributed by atoms with Gasteiger partial charge in [-0.25, -0.2) is 0 Å². The largest absolute Gasteiger partial charge is 0.493 e. The Bertz CT molecular complexity index is 785. The summed E-state index contributed by atoms with van der Waals surface area (Å²) in [6, 6.07) is 4.74. The summed E-state index contributed by atoms with van der Waals surface area (Å²) in [7, 11) is 0. The van der Waals surface area contributed by atoms with Crippen LogP contribution in [-0.4, -0.2) is 18.5 Å². The Labute approximate surface area is 186 Å². The van der Waals surface area contributed by atoms with Crippen molar-refractivity contribution in [2.45, 2.75) is 74.1 Å². The standard InChI is InChI=1S/C26H37BrO2/c1-9-20-13-22(16(5)18(7)25(20)28-11-3)24(15-27)23-14-21(10-2)26(29-12-4)19(8)17(23)6/h13-14,24H,9-12,15H2,1-8H3. The second-order valence-electron chi connectivity index (χ2n) is 7.69. The molecule has 2 nitrogen and oxygen atoms in total. The molecule has 0 bridgehead atoms. The van der Waals surface area contributed by atoms with E-state index in [1.54, 1.807) is 0 Å². The fourth-order valence-corrected chi connectivity index (χ4v) is 4.95. The van der Waals surface area contributed by atoms with Crippen molar-refractivity contribution in [3.63, 3.8) is 0 Å². The first kappa shape index (κ1) is 23.8. The van der Waals surface area contributed by atoms with Crippen LogP contribution in [0.4, 0.5) is 0 Å². The van der Waals surface area contributed by atoms with Gasteiger partial charge in [0.05, 0.1) is 13.2 Å². The highest BCUT2D eigenvalue weighted by molar-refractivity contribution is 9.09. The molecular formula is C26H37BrO2. The lowest BCUT2D eigenvalue weighted by Crippen LogP contribution is -2.12. The average Bonchev–Trinajstić information content (AvgIpc) is 2.72. The molecule has 29 heavy (non-hydrogen) atoms. The van der Waals surface area contributed by atoms with Gasteiger partial charge in [-0.05, 0) is 98.9 Å². The topological polar surface area (TPSA) is 18.5 Å². The number of rotatable bonds is 9. The summed E-state index contributed by atoms with van der Waals surface area (Å²) in [5.41, 5.74) is 10.6. The Kier molecular flexibility index (Phi) is 8.63.